The number of para-hydroxylation sites is 2. The van der Waals surface area contributed by atoms with E-state index in [9.17, 15) is 0 Å². The Hall–Kier alpha value is -4.50. The molecule has 5 aromatic rings. The zero-order valence-corrected chi connectivity index (χ0v) is 19.5. The Morgan fingerprint density at radius 2 is 1.80 bits per heavy atom. The quantitative estimate of drug-likeness (QED) is 0.374. The molecule has 1 N–H and O–H groups in total. The number of ether oxygens (including phenoxy) is 3. The van der Waals surface area contributed by atoms with Crippen molar-refractivity contribution >= 4 is 49.0 Å². The van der Waals surface area contributed by atoms with Crippen molar-refractivity contribution in [2.75, 3.05) is 24.1 Å². The minimum atomic E-state index is 0.220. The second-order valence-corrected chi connectivity index (χ2v) is 9.04. The van der Waals surface area contributed by atoms with Gasteiger partial charge < -0.3 is 14.2 Å². The van der Waals surface area contributed by atoms with E-state index in [1.807, 2.05) is 59.7 Å². The van der Waals surface area contributed by atoms with Gasteiger partial charge >= 0.3 is 0 Å². The number of nitrogens with zero attached hydrogens (tertiary/aromatic N) is 4. The molecule has 4 aromatic carbocycles. The number of amidine groups is 1. The van der Waals surface area contributed by atoms with Gasteiger partial charge in [0, 0.05) is 10.9 Å². The summed E-state index contributed by atoms with van der Waals surface area (Å²) < 4.78 is 17.8. The highest BCUT2D eigenvalue weighted by Gasteiger charge is 2.31. The predicted octanol–water partition coefficient (Wildman–Crippen LogP) is 5.29. The summed E-state index contributed by atoms with van der Waals surface area (Å²) in [5.41, 5.74) is 6.03. The molecule has 2 aliphatic heterocycles. The maximum absolute atomic E-state index is 5.64. The van der Waals surface area contributed by atoms with Crippen LogP contribution in [0.4, 0.5) is 10.8 Å². The third-order valence-electron chi connectivity index (χ3n) is 6.00. The lowest BCUT2D eigenvalue weighted by atomic mass is 10.1. The van der Waals surface area contributed by atoms with Crippen LogP contribution in [0.1, 0.15) is 5.56 Å². The standard InChI is InChI=1S/C26H19N5O3S/c1-32-20-9-5-4-8-19(20)30-28-25(17-10-12-21-22(14-17)34-15-33-21)29-31(30)26-27-24-18-7-3-2-6-16(18)11-13-23(24)35-26/h2-14H,15H2,1H3,(H,28,29). The highest BCUT2D eigenvalue weighted by atomic mass is 32.1. The van der Waals surface area contributed by atoms with Crippen molar-refractivity contribution in [3.05, 3.63) is 84.4 Å². The van der Waals surface area contributed by atoms with Crippen LogP contribution in [-0.2, 0) is 0 Å². The van der Waals surface area contributed by atoms with E-state index in [0.717, 1.165) is 43.1 Å². The number of nitrogens with one attached hydrogen (secondary N) is 1. The second kappa shape index (κ2) is 7.78. The minimum Gasteiger partial charge on any atom is -0.494 e. The molecule has 0 aliphatic carbocycles. The number of hydrazone groups is 1. The first kappa shape index (κ1) is 19.9. The lowest BCUT2D eigenvalue weighted by molar-refractivity contribution is 0.174. The average Bonchev–Trinajstić information content (AvgIpc) is 3.66. The Bertz CT molecular complexity index is 1630. The maximum atomic E-state index is 5.64. The summed E-state index contributed by atoms with van der Waals surface area (Å²) in [6, 6.07) is 26.0. The van der Waals surface area contributed by atoms with Crippen molar-refractivity contribution in [1.82, 2.24) is 10.4 Å². The van der Waals surface area contributed by atoms with Crippen LogP contribution in [0, 0.1) is 0 Å². The summed E-state index contributed by atoms with van der Waals surface area (Å²) in [5.74, 6) is 2.77. The third kappa shape index (κ3) is 3.20. The van der Waals surface area contributed by atoms with Gasteiger partial charge in [-0.2, -0.15) is 0 Å². The fourth-order valence-electron chi connectivity index (χ4n) is 4.30. The van der Waals surface area contributed by atoms with Crippen molar-refractivity contribution in [3.63, 3.8) is 0 Å². The van der Waals surface area contributed by atoms with E-state index in [-0.39, 0.29) is 6.79 Å². The number of hydrazine groups is 2. The van der Waals surface area contributed by atoms with Gasteiger partial charge in [0.25, 0.3) is 0 Å². The van der Waals surface area contributed by atoms with Crippen molar-refractivity contribution < 1.29 is 14.2 Å². The van der Waals surface area contributed by atoms with E-state index in [1.165, 1.54) is 0 Å². The summed E-state index contributed by atoms with van der Waals surface area (Å²) in [7, 11) is 1.65. The van der Waals surface area contributed by atoms with E-state index in [4.69, 9.17) is 24.3 Å². The zero-order valence-electron chi connectivity index (χ0n) is 18.6. The van der Waals surface area contributed by atoms with Gasteiger partial charge in [-0.15, -0.1) is 15.3 Å². The van der Waals surface area contributed by atoms with Crippen LogP contribution in [-0.4, -0.2) is 24.7 Å². The van der Waals surface area contributed by atoms with Gasteiger partial charge in [-0.3, -0.25) is 5.43 Å². The molecule has 9 heteroatoms. The first-order valence-corrected chi connectivity index (χ1v) is 11.9. The normalized spacial score (nSPS) is 14.5. The van der Waals surface area contributed by atoms with Crippen LogP contribution >= 0.6 is 11.3 Å². The molecule has 0 amide bonds. The van der Waals surface area contributed by atoms with E-state index < -0.39 is 0 Å². The Kier molecular flexibility index (Phi) is 4.43. The molecule has 1 aromatic heterocycles. The summed E-state index contributed by atoms with van der Waals surface area (Å²) >= 11 is 1.59. The molecule has 172 valence electrons. The maximum Gasteiger partial charge on any atom is 0.231 e. The first-order chi connectivity index (χ1) is 17.3. The van der Waals surface area contributed by atoms with E-state index >= 15 is 0 Å². The van der Waals surface area contributed by atoms with Crippen LogP contribution in [0.2, 0.25) is 0 Å². The molecule has 8 nitrogen and oxygen atoms in total. The van der Waals surface area contributed by atoms with E-state index in [1.54, 1.807) is 23.6 Å². The molecule has 0 atom stereocenters. The largest absolute Gasteiger partial charge is 0.494 e. The first-order valence-electron chi connectivity index (χ1n) is 11.1. The number of fused-ring (bicyclic) bond motifs is 4. The number of thiazole rings is 1. The monoisotopic (exact) mass is 481 g/mol. The smallest absolute Gasteiger partial charge is 0.231 e. The van der Waals surface area contributed by atoms with Gasteiger partial charge in [0.2, 0.25) is 11.9 Å². The molecule has 0 radical (unpaired) electrons. The highest BCUT2D eigenvalue weighted by molar-refractivity contribution is 7.22. The molecule has 0 unspecified atom stereocenters. The average molecular weight is 482 g/mol. The van der Waals surface area contributed by atoms with Crippen LogP contribution < -0.4 is 29.9 Å². The van der Waals surface area contributed by atoms with Gasteiger partial charge in [-0.1, -0.05) is 53.8 Å². The van der Waals surface area contributed by atoms with Gasteiger partial charge in [0.1, 0.15) is 11.4 Å². The van der Waals surface area contributed by atoms with Gasteiger partial charge in [-0.05, 0) is 41.8 Å². The minimum absolute atomic E-state index is 0.220. The van der Waals surface area contributed by atoms with Crippen molar-refractivity contribution in [2.45, 2.75) is 0 Å². The second-order valence-electron chi connectivity index (χ2n) is 8.03. The molecule has 0 bridgehead atoms. The van der Waals surface area contributed by atoms with Gasteiger partial charge in [-0.25, -0.2) is 4.98 Å². The van der Waals surface area contributed by atoms with Crippen LogP contribution in [0.25, 0.3) is 21.0 Å². The van der Waals surface area contributed by atoms with Crippen molar-refractivity contribution in [1.29, 1.82) is 0 Å². The summed E-state index contributed by atoms with van der Waals surface area (Å²) in [6.07, 6.45) is 0. The molecule has 35 heavy (non-hydrogen) atoms. The molecule has 7 rings (SSSR count). The van der Waals surface area contributed by atoms with Crippen molar-refractivity contribution in [2.24, 2.45) is 5.10 Å². The molecule has 0 saturated carbocycles. The lowest BCUT2D eigenvalue weighted by Crippen LogP contribution is -2.44. The van der Waals surface area contributed by atoms with Crippen LogP contribution in [0.5, 0.6) is 17.2 Å². The van der Waals surface area contributed by atoms with Crippen LogP contribution in [0.3, 0.4) is 0 Å². The number of hydrogen-bond acceptors (Lipinski definition) is 9. The lowest BCUT2D eigenvalue weighted by Gasteiger charge is -2.26. The fourth-order valence-corrected chi connectivity index (χ4v) is 5.23. The molecule has 3 heterocycles. The summed E-state index contributed by atoms with van der Waals surface area (Å²) in [4.78, 5) is 5.02. The molecule has 0 saturated heterocycles. The van der Waals surface area contributed by atoms with Crippen LogP contribution in [0.15, 0.2) is 84.0 Å². The third-order valence-corrected chi connectivity index (χ3v) is 6.99. The molecule has 0 fully saturated rings. The van der Waals surface area contributed by atoms with E-state index in [2.05, 4.69) is 29.7 Å². The molecular formula is C26H19N5O3S. The van der Waals surface area contributed by atoms with E-state index in [0.29, 0.717) is 17.3 Å². The number of rotatable bonds is 4. The Balaban J connectivity index is 1.36. The Morgan fingerprint density at radius 3 is 2.74 bits per heavy atom. The number of benzene rings is 4. The number of anilines is 2. The zero-order chi connectivity index (χ0) is 23.4. The fraction of sp³-hybridized carbons (Fsp3) is 0.0769. The number of hydrogen-bond donors (Lipinski definition) is 1. The Labute approximate surface area is 204 Å². The molecule has 0 spiro atoms. The number of aromatic nitrogens is 1. The van der Waals surface area contributed by atoms with Gasteiger partial charge in [0.15, 0.2) is 17.3 Å². The predicted molar refractivity (Wildman–Crippen MR) is 137 cm³/mol. The summed E-state index contributed by atoms with van der Waals surface area (Å²) in [5, 5.41) is 11.6. The molecule has 2 aliphatic rings. The Morgan fingerprint density at radius 1 is 0.943 bits per heavy atom. The molecular weight excluding hydrogens is 462 g/mol. The topological polar surface area (TPSA) is 71.5 Å². The SMILES string of the molecule is COc1ccccc1N1N=C(c2ccc3c(c2)OCO3)NN1c1nc2c(ccc3ccccc32)s1. The van der Waals surface area contributed by atoms with Crippen molar-refractivity contribution in [3.8, 4) is 17.2 Å². The van der Waals surface area contributed by atoms with Gasteiger partial charge in [0.05, 0.1) is 17.3 Å². The number of methoxy groups -OCH3 is 1. The summed E-state index contributed by atoms with van der Waals surface area (Å²) in [6.45, 7) is 0.220. The highest BCUT2D eigenvalue weighted by Crippen LogP contribution is 2.39.